The Labute approximate surface area is 81.6 Å². The van der Waals surface area contributed by atoms with Crippen LogP contribution in [-0.2, 0) is 0 Å². The number of hydrogen-bond acceptors (Lipinski definition) is 5. The second-order valence-corrected chi connectivity index (χ2v) is 4.38. The van der Waals surface area contributed by atoms with Gasteiger partial charge in [-0.3, -0.25) is 0 Å². The highest BCUT2D eigenvalue weighted by Gasteiger charge is 2.11. The normalized spacial score (nSPS) is 10.5. The van der Waals surface area contributed by atoms with Gasteiger partial charge in [0.05, 0.1) is 0 Å². The fraction of sp³-hybridized carbons (Fsp3) is 0.429. The molecule has 4 nitrogen and oxygen atoms in total. The van der Waals surface area contributed by atoms with E-state index in [0.29, 0.717) is 15.9 Å². The molecule has 0 fully saturated rings. The van der Waals surface area contributed by atoms with Gasteiger partial charge in [0.1, 0.15) is 0 Å². The molecule has 0 spiro atoms. The molecule has 2 N–H and O–H groups in total. The lowest BCUT2D eigenvalue weighted by Gasteiger charge is -2.03. The van der Waals surface area contributed by atoms with Crippen molar-refractivity contribution in [1.29, 1.82) is 0 Å². The number of hydrogen-bond donors (Lipinski definition) is 2. The maximum Gasteiger partial charge on any atom is 0.491 e. The summed E-state index contributed by atoms with van der Waals surface area (Å²) in [6, 6.07) is 0. The Bertz CT molecular complexity index is 266. The van der Waals surface area contributed by atoms with E-state index in [0.717, 1.165) is 0 Å². The van der Waals surface area contributed by atoms with E-state index in [-0.39, 0.29) is 0 Å². The molecule has 0 atom stereocenters. The number of aromatic nitrogens is 2. The maximum atomic E-state index is 8.77. The maximum absolute atomic E-state index is 8.77. The van der Waals surface area contributed by atoms with Crippen LogP contribution in [0.25, 0.3) is 0 Å². The summed E-state index contributed by atoms with van der Waals surface area (Å²) in [5, 5.41) is 18.6. The quantitative estimate of drug-likeness (QED) is 0.395. The summed E-state index contributed by atoms with van der Waals surface area (Å²) in [6.45, 7) is 4.09. The fourth-order valence-electron chi connectivity index (χ4n) is 0.731. The minimum Gasteiger partial charge on any atom is -0.423 e. The summed E-state index contributed by atoms with van der Waals surface area (Å²) in [5.74, 6) is 0. The molecule has 0 radical (unpaired) electrons. The van der Waals surface area contributed by atoms with Crippen molar-refractivity contribution in [3.8, 4) is 0 Å². The van der Waals surface area contributed by atoms with Crippen LogP contribution < -0.4 is 5.46 Å². The molecular formula is C7H11BN2O2S. The largest absolute Gasteiger partial charge is 0.491 e. The molecule has 0 aliphatic carbocycles. The number of rotatable bonds is 3. The molecular weight excluding hydrogens is 187 g/mol. The summed E-state index contributed by atoms with van der Waals surface area (Å²) in [7, 11) is -1.49. The minimum absolute atomic E-state index is 0.313. The highest BCUT2D eigenvalue weighted by atomic mass is 32.2. The van der Waals surface area contributed by atoms with E-state index >= 15 is 0 Å². The molecule has 0 amide bonds. The highest BCUT2D eigenvalue weighted by molar-refractivity contribution is 7.99. The van der Waals surface area contributed by atoms with Gasteiger partial charge in [-0.2, -0.15) is 0 Å². The Morgan fingerprint density at radius 3 is 2.23 bits per heavy atom. The summed E-state index contributed by atoms with van der Waals surface area (Å²) in [5.41, 5.74) is 0.313. The molecule has 6 heteroatoms. The van der Waals surface area contributed by atoms with Crippen molar-refractivity contribution in [3.63, 3.8) is 0 Å². The van der Waals surface area contributed by atoms with Gasteiger partial charge < -0.3 is 10.0 Å². The minimum atomic E-state index is -1.49. The predicted octanol–water partition coefficient (Wildman–Crippen LogP) is -0.343. The lowest BCUT2D eigenvalue weighted by Crippen LogP contribution is -2.30. The summed E-state index contributed by atoms with van der Waals surface area (Å²) >= 11 is 1.53. The van der Waals surface area contributed by atoms with Crippen molar-refractivity contribution in [2.24, 2.45) is 0 Å². The molecule has 0 aliphatic rings. The Kier molecular flexibility index (Phi) is 3.71. The first-order valence-electron chi connectivity index (χ1n) is 3.94. The molecule has 0 saturated carbocycles. The van der Waals surface area contributed by atoms with E-state index in [2.05, 4.69) is 9.97 Å². The van der Waals surface area contributed by atoms with Crippen molar-refractivity contribution < 1.29 is 10.0 Å². The van der Waals surface area contributed by atoms with Crippen LogP contribution in [0.3, 0.4) is 0 Å². The zero-order chi connectivity index (χ0) is 9.84. The molecule has 0 bridgehead atoms. The van der Waals surface area contributed by atoms with Crippen LogP contribution >= 0.6 is 11.8 Å². The third-order valence-electron chi connectivity index (χ3n) is 1.29. The molecule has 1 rings (SSSR count). The van der Waals surface area contributed by atoms with E-state index < -0.39 is 7.12 Å². The second kappa shape index (κ2) is 4.60. The molecule has 1 aromatic rings. The molecule has 0 saturated heterocycles. The van der Waals surface area contributed by atoms with Gasteiger partial charge in [0.25, 0.3) is 0 Å². The van der Waals surface area contributed by atoms with Gasteiger partial charge in [-0.25, -0.2) is 9.97 Å². The predicted molar refractivity (Wildman–Crippen MR) is 52.9 cm³/mol. The lowest BCUT2D eigenvalue weighted by molar-refractivity contribution is 0.425. The van der Waals surface area contributed by atoms with Crippen LogP contribution in [0.2, 0.25) is 0 Å². The van der Waals surface area contributed by atoms with Gasteiger partial charge in [0, 0.05) is 23.1 Å². The molecule has 1 heterocycles. The summed E-state index contributed by atoms with van der Waals surface area (Å²) < 4.78 is 0. The van der Waals surface area contributed by atoms with E-state index in [1.807, 2.05) is 13.8 Å². The van der Waals surface area contributed by atoms with Crippen LogP contribution in [0.1, 0.15) is 13.8 Å². The molecule has 0 aliphatic heterocycles. The average molecular weight is 198 g/mol. The summed E-state index contributed by atoms with van der Waals surface area (Å²) in [6.07, 6.45) is 2.84. The van der Waals surface area contributed by atoms with E-state index in [1.54, 1.807) is 0 Å². The average Bonchev–Trinajstić information content (AvgIpc) is 2.04. The van der Waals surface area contributed by atoms with Gasteiger partial charge in [-0.15, -0.1) is 0 Å². The molecule has 1 aromatic heterocycles. The third kappa shape index (κ3) is 3.34. The van der Waals surface area contributed by atoms with Crippen LogP contribution in [0, 0.1) is 0 Å². The van der Waals surface area contributed by atoms with Crippen LogP contribution in [-0.4, -0.2) is 32.4 Å². The van der Waals surface area contributed by atoms with E-state index in [9.17, 15) is 0 Å². The van der Waals surface area contributed by atoms with Crippen molar-refractivity contribution in [2.45, 2.75) is 24.3 Å². The third-order valence-corrected chi connectivity index (χ3v) is 2.18. The Balaban J connectivity index is 2.70. The highest BCUT2D eigenvalue weighted by Crippen LogP contribution is 2.16. The smallest absolute Gasteiger partial charge is 0.423 e. The van der Waals surface area contributed by atoms with Crippen molar-refractivity contribution in [1.82, 2.24) is 9.97 Å². The molecule has 13 heavy (non-hydrogen) atoms. The second-order valence-electron chi connectivity index (χ2n) is 2.84. The zero-order valence-corrected chi connectivity index (χ0v) is 8.32. The summed E-state index contributed by atoms with van der Waals surface area (Å²) in [4.78, 5) is 7.94. The van der Waals surface area contributed by atoms with Crippen molar-refractivity contribution in [2.75, 3.05) is 0 Å². The topological polar surface area (TPSA) is 66.2 Å². The molecule has 0 unspecified atom stereocenters. The lowest BCUT2D eigenvalue weighted by atomic mass is 9.83. The van der Waals surface area contributed by atoms with Crippen molar-refractivity contribution >= 4 is 24.3 Å². The molecule has 70 valence electrons. The van der Waals surface area contributed by atoms with E-state index in [1.165, 1.54) is 24.2 Å². The SMILES string of the molecule is CC(C)Sc1ncc(B(O)O)cn1. The fourth-order valence-corrected chi connectivity index (χ4v) is 1.38. The monoisotopic (exact) mass is 198 g/mol. The van der Waals surface area contributed by atoms with Crippen LogP contribution in [0.5, 0.6) is 0 Å². The van der Waals surface area contributed by atoms with Crippen LogP contribution in [0.15, 0.2) is 17.6 Å². The Hall–Kier alpha value is -0.585. The number of nitrogens with zero attached hydrogens (tertiary/aromatic N) is 2. The van der Waals surface area contributed by atoms with Crippen molar-refractivity contribution in [3.05, 3.63) is 12.4 Å². The van der Waals surface area contributed by atoms with Crippen LogP contribution in [0.4, 0.5) is 0 Å². The van der Waals surface area contributed by atoms with Gasteiger partial charge >= 0.3 is 7.12 Å². The first-order valence-corrected chi connectivity index (χ1v) is 4.82. The van der Waals surface area contributed by atoms with Gasteiger partial charge in [0.2, 0.25) is 0 Å². The number of thioether (sulfide) groups is 1. The standard InChI is InChI=1S/C7H11BN2O2S/c1-5(2)13-7-9-3-6(4-10-7)8(11)12/h3-5,11-12H,1-2H3. The van der Waals surface area contributed by atoms with Gasteiger partial charge in [0.15, 0.2) is 5.16 Å². The van der Waals surface area contributed by atoms with E-state index in [4.69, 9.17) is 10.0 Å². The first-order chi connectivity index (χ1) is 6.09. The Morgan fingerprint density at radius 2 is 1.85 bits per heavy atom. The van der Waals surface area contributed by atoms with Gasteiger partial charge in [-0.1, -0.05) is 25.6 Å². The first kappa shape index (κ1) is 10.5. The van der Waals surface area contributed by atoms with Gasteiger partial charge in [-0.05, 0) is 0 Å². The Morgan fingerprint density at radius 1 is 1.31 bits per heavy atom. The molecule has 0 aromatic carbocycles. The zero-order valence-electron chi connectivity index (χ0n) is 7.51.